The summed E-state index contributed by atoms with van der Waals surface area (Å²) in [4.78, 5) is 21.4. The molecule has 0 aliphatic rings. The molecule has 0 spiro atoms. The summed E-state index contributed by atoms with van der Waals surface area (Å²) in [5.41, 5.74) is -0.359. The lowest BCUT2D eigenvalue weighted by molar-refractivity contribution is -0.148. The SMILES string of the molecule is CC(C)(COC=O)COC(=O)CCCCCO. The summed E-state index contributed by atoms with van der Waals surface area (Å²) in [7, 11) is 0. The Morgan fingerprint density at radius 3 is 2.53 bits per heavy atom. The van der Waals surface area contributed by atoms with Crippen LogP contribution < -0.4 is 0 Å². The normalized spacial score (nSPS) is 11.0. The number of esters is 1. The lowest BCUT2D eigenvalue weighted by Gasteiger charge is -2.22. The Bertz CT molecular complexity index is 225. The predicted molar refractivity (Wildman–Crippen MR) is 62.3 cm³/mol. The molecule has 0 aliphatic carbocycles. The zero-order valence-corrected chi connectivity index (χ0v) is 10.6. The molecule has 5 nitrogen and oxygen atoms in total. The van der Waals surface area contributed by atoms with E-state index in [1.54, 1.807) is 0 Å². The Kier molecular flexibility index (Phi) is 8.40. The molecule has 1 N–H and O–H groups in total. The van der Waals surface area contributed by atoms with Crippen molar-refractivity contribution in [2.24, 2.45) is 5.41 Å². The second-order valence-electron chi connectivity index (χ2n) is 4.77. The minimum absolute atomic E-state index is 0.158. The second-order valence-corrected chi connectivity index (χ2v) is 4.77. The minimum Gasteiger partial charge on any atom is -0.467 e. The Labute approximate surface area is 102 Å². The summed E-state index contributed by atoms with van der Waals surface area (Å²) >= 11 is 0. The van der Waals surface area contributed by atoms with Crippen LogP contribution in [0.3, 0.4) is 0 Å². The quantitative estimate of drug-likeness (QED) is 0.357. The maximum atomic E-state index is 11.3. The number of unbranched alkanes of at least 4 members (excludes halogenated alkanes) is 2. The van der Waals surface area contributed by atoms with Crippen LogP contribution in [0.2, 0.25) is 0 Å². The van der Waals surface area contributed by atoms with Crippen LogP contribution in [0.25, 0.3) is 0 Å². The number of carbonyl (C=O) groups excluding carboxylic acids is 2. The van der Waals surface area contributed by atoms with E-state index in [0.29, 0.717) is 19.3 Å². The Hall–Kier alpha value is -1.10. The average Bonchev–Trinajstić information content (AvgIpc) is 2.30. The first-order valence-electron chi connectivity index (χ1n) is 5.83. The predicted octanol–water partition coefficient (Wildman–Crippen LogP) is 1.28. The van der Waals surface area contributed by atoms with Crippen LogP contribution in [0.5, 0.6) is 0 Å². The van der Waals surface area contributed by atoms with Gasteiger partial charge in [-0.25, -0.2) is 0 Å². The third-order valence-corrected chi connectivity index (χ3v) is 2.21. The Morgan fingerprint density at radius 1 is 1.24 bits per heavy atom. The van der Waals surface area contributed by atoms with Crippen molar-refractivity contribution in [3.05, 3.63) is 0 Å². The van der Waals surface area contributed by atoms with Gasteiger partial charge in [0.2, 0.25) is 0 Å². The van der Waals surface area contributed by atoms with Crippen LogP contribution in [0.15, 0.2) is 0 Å². The average molecular weight is 246 g/mol. The van der Waals surface area contributed by atoms with Crippen molar-refractivity contribution in [3.8, 4) is 0 Å². The Balaban J connectivity index is 3.63. The monoisotopic (exact) mass is 246 g/mol. The van der Waals surface area contributed by atoms with Crippen LogP contribution in [0, 0.1) is 5.41 Å². The molecule has 0 fully saturated rings. The van der Waals surface area contributed by atoms with Crippen molar-refractivity contribution in [1.82, 2.24) is 0 Å². The number of rotatable bonds is 10. The molecule has 100 valence electrons. The molecule has 0 atom stereocenters. The molecule has 0 saturated heterocycles. The number of aliphatic hydroxyl groups excluding tert-OH is 1. The lowest BCUT2D eigenvalue weighted by Crippen LogP contribution is -2.27. The van der Waals surface area contributed by atoms with E-state index in [-0.39, 0.29) is 31.2 Å². The fourth-order valence-corrected chi connectivity index (χ4v) is 1.21. The summed E-state index contributed by atoms with van der Waals surface area (Å²) in [6.07, 6.45) is 2.63. The highest BCUT2D eigenvalue weighted by molar-refractivity contribution is 5.69. The smallest absolute Gasteiger partial charge is 0.305 e. The molecule has 17 heavy (non-hydrogen) atoms. The molecular weight excluding hydrogens is 224 g/mol. The first-order valence-corrected chi connectivity index (χ1v) is 5.83. The minimum atomic E-state index is -0.359. The highest BCUT2D eigenvalue weighted by atomic mass is 16.5. The van der Waals surface area contributed by atoms with E-state index in [0.717, 1.165) is 12.8 Å². The largest absolute Gasteiger partial charge is 0.467 e. The summed E-state index contributed by atoms with van der Waals surface area (Å²) < 4.78 is 9.73. The molecule has 0 amide bonds. The molecular formula is C12H22O5. The highest BCUT2D eigenvalue weighted by Crippen LogP contribution is 2.16. The van der Waals surface area contributed by atoms with Crippen LogP contribution >= 0.6 is 0 Å². The highest BCUT2D eigenvalue weighted by Gasteiger charge is 2.21. The summed E-state index contributed by atoms with van der Waals surface area (Å²) in [5.74, 6) is -0.248. The molecule has 0 unspecified atom stereocenters. The van der Waals surface area contributed by atoms with Crippen molar-refractivity contribution in [2.75, 3.05) is 19.8 Å². The van der Waals surface area contributed by atoms with Crippen LogP contribution in [0.4, 0.5) is 0 Å². The van der Waals surface area contributed by atoms with Gasteiger partial charge in [-0.3, -0.25) is 9.59 Å². The van der Waals surface area contributed by atoms with E-state index >= 15 is 0 Å². The third kappa shape index (κ3) is 9.81. The van der Waals surface area contributed by atoms with Gasteiger partial charge >= 0.3 is 5.97 Å². The molecule has 0 saturated carbocycles. The van der Waals surface area contributed by atoms with E-state index in [2.05, 4.69) is 4.74 Å². The zero-order chi connectivity index (χ0) is 13.1. The summed E-state index contributed by atoms with van der Waals surface area (Å²) in [6, 6.07) is 0. The molecule has 5 heteroatoms. The van der Waals surface area contributed by atoms with Crippen LogP contribution in [0.1, 0.15) is 39.5 Å². The molecule has 0 aromatic rings. The van der Waals surface area contributed by atoms with Gasteiger partial charge in [0.05, 0.1) is 13.2 Å². The fourth-order valence-electron chi connectivity index (χ4n) is 1.21. The van der Waals surface area contributed by atoms with Gasteiger partial charge in [-0.15, -0.1) is 0 Å². The molecule has 0 bridgehead atoms. The van der Waals surface area contributed by atoms with Gasteiger partial charge in [-0.2, -0.15) is 0 Å². The Morgan fingerprint density at radius 2 is 1.94 bits per heavy atom. The van der Waals surface area contributed by atoms with Crippen molar-refractivity contribution in [3.63, 3.8) is 0 Å². The van der Waals surface area contributed by atoms with Crippen molar-refractivity contribution in [2.45, 2.75) is 39.5 Å². The number of hydrogen-bond acceptors (Lipinski definition) is 5. The van der Waals surface area contributed by atoms with E-state index in [1.165, 1.54) is 0 Å². The van der Waals surface area contributed by atoms with E-state index in [4.69, 9.17) is 9.84 Å². The number of ether oxygens (including phenoxy) is 2. The number of carbonyl (C=O) groups is 2. The van der Waals surface area contributed by atoms with E-state index in [1.807, 2.05) is 13.8 Å². The van der Waals surface area contributed by atoms with Gasteiger partial charge in [-0.1, -0.05) is 20.3 Å². The van der Waals surface area contributed by atoms with E-state index < -0.39 is 0 Å². The first kappa shape index (κ1) is 15.9. The standard InChI is InChI=1S/C12H22O5/c1-12(2,8-16-10-14)9-17-11(15)6-4-3-5-7-13/h10,13H,3-9H2,1-2H3. The van der Waals surface area contributed by atoms with Crippen molar-refractivity contribution in [1.29, 1.82) is 0 Å². The van der Waals surface area contributed by atoms with Gasteiger partial charge in [0, 0.05) is 18.4 Å². The molecule has 0 aromatic carbocycles. The van der Waals surface area contributed by atoms with Crippen molar-refractivity contribution >= 4 is 12.4 Å². The van der Waals surface area contributed by atoms with Gasteiger partial charge in [0.1, 0.15) is 0 Å². The maximum absolute atomic E-state index is 11.3. The lowest BCUT2D eigenvalue weighted by atomic mass is 9.96. The molecule has 0 aromatic heterocycles. The molecule has 0 heterocycles. The number of hydrogen-bond donors (Lipinski definition) is 1. The fraction of sp³-hybridized carbons (Fsp3) is 0.833. The van der Waals surface area contributed by atoms with Gasteiger partial charge < -0.3 is 14.6 Å². The van der Waals surface area contributed by atoms with Gasteiger partial charge in [0.25, 0.3) is 6.47 Å². The van der Waals surface area contributed by atoms with E-state index in [9.17, 15) is 9.59 Å². The van der Waals surface area contributed by atoms with Crippen LogP contribution in [-0.4, -0.2) is 37.4 Å². The molecule has 0 aliphatic heterocycles. The summed E-state index contributed by atoms with van der Waals surface area (Å²) in [6.45, 7) is 4.72. The second kappa shape index (κ2) is 8.98. The van der Waals surface area contributed by atoms with Crippen molar-refractivity contribution < 1.29 is 24.2 Å². The topological polar surface area (TPSA) is 72.8 Å². The van der Waals surface area contributed by atoms with Gasteiger partial charge in [0.15, 0.2) is 0 Å². The molecule has 0 rings (SSSR count). The molecule has 0 radical (unpaired) electrons. The maximum Gasteiger partial charge on any atom is 0.305 e. The van der Waals surface area contributed by atoms with Crippen LogP contribution in [-0.2, 0) is 19.1 Å². The first-order chi connectivity index (χ1) is 8.02. The van der Waals surface area contributed by atoms with Gasteiger partial charge in [-0.05, 0) is 12.8 Å². The third-order valence-electron chi connectivity index (χ3n) is 2.21. The summed E-state index contributed by atoms with van der Waals surface area (Å²) in [5, 5.41) is 8.57. The number of aliphatic hydroxyl groups is 1. The zero-order valence-electron chi connectivity index (χ0n) is 10.6.